The average molecular weight is 304 g/mol. The van der Waals surface area contributed by atoms with Gasteiger partial charge in [0.1, 0.15) is 6.54 Å². The van der Waals surface area contributed by atoms with Gasteiger partial charge < -0.3 is 15.0 Å². The minimum atomic E-state index is -0.510. The molecule has 0 radical (unpaired) electrons. The van der Waals surface area contributed by atoms with Crippen LogP contribution in [0, 0.1) is 19.8 Å². The van der Waals surface area contributed by atoms with Gasteiger partial charge in [0, 0.05) is 18.7 Å². The number of esters is 1. The Labute approximate surface area is 129 Å². The van der Waals surface area contributed by atoms with Gasteiger partial charge in [-0.15, -0.1) is 0 Å². The number of hydrogen-bond donors (Lipinski definition) is 1. The van der Waals surface area contributed by atoms with Crippen LogP contribution in [-0.2, 0) is 19.1 Å². The Balaban J connectivity index is 2.02. The molecule has 1 aliphatic heterocycles. The summed E-state index contributed by atoms with van der Waals surface area (Å²) in [4.78, 5) is 36.8. The second-order valence-electron chi connectivity index (χ2n) is 5.47. The molecule has 1 unspecified atom stereocenters. The van der Waals surface area contributed by atoms with E-state index in [0.29, 0.717) is 6.54 Å². The molecule has 2 amide bonds. The molecule has 0 aromatic heterocycles. The second-order valence-corrected chi connectivity index (χ2v) is 5.47. The van der Waals surface area contributed by atoms with Gasteiger partial charge in [0.05, 0.1) is 13.0 Å². The first kappa shape index (κ1) is 16.0. The van der Waals surface area contributed by atoms with Crippen molar-refractivity contribution in [3.63, 3.8) is 0 Å². The molecular weight excluding hydrogens is 284 g/mol. The first-order valence-corrected chi connectivity index (χ1v) is 7.14. The molecule has 1 fully saturated rings. The van der Waals surface area contributed by atoms with Gasteiger partial charge in [-0.3, -0.25) is 14.4 Å². The van der Waals surface area contributed by atoms with E-state index in [-0.39, 0.29) is 24.8 Å². The number of nitrogens with zero attached hydrogens (tertiary/aromatic N) is 1. The number of anilines is 1. The summed E-state index contributed by atoms with van der Waals surface area (Å²) >= 11 is 0. The van der Waals surface area contributed by atoms with E-state index in [1.165, 1.54) is 7.11 Å². The van der Waals surface area contributed by atoms with Crippen molar-refractivity contribution in [2.45, 2.75) is 20.3 Å². The first-order valence-electron chi connectivity index (χ1n) is 7.14. The van der Waals surface area contributed by atoms with Crippen molar-refractivity contribution in [2.24, 2.45) is 5.92 Å². The lowest BCUT2D eigenvalue weighted by molar-refractivity contribution is -0.141. The van der Waals surface area contributed by atoms with Crippen molar-refractivity contribution in [3.05, 3.63) is 29.3 Å². The molecule has 0 spiro atoms. The fourth-order valence-electron chi connectivity index (χ4n) is 2.40. The van der Waals surface area contributed by atoms with Crippen molar-refractivity contribution in [1.29, 1.82) is 0 Å². The lowest BCUT2D eigenvalue weighted by Gasteiger charge is -2.18. The number of rotatable bonds is 4. The van der Waals surface area contributed by atoms with E-state index in [9.17, 15) is 14.4 Å². The maximum atomic E-state index is 12.1. The van der Waals surface area contributed by atoms with Crippen molar-refractivity contribution in [2.75, 3.05) is 25.1 Å². The van der Waals surface area contributed by atoms with E-state index >= 15 is 0 Å². The molecular formula is C16H20N2O4. The van der Waals surface area contributed by atoms with Crippen LogP contribution in [0.25, 0.3) is 0 Å². The van der Waals surface area contributed by atoms with Crippen LogP contribution in [0.2, 0.25) is 0 Å². The minimum Gasteiger partial charge on any atom is -0.468 e. The fourth-order valence-corrected chi connectivity index (χ4v) is 2.40. The molecule has 1 aromatic rings. The SMILES string of the molecule is COC(=O)CNC(=O)C1CC(=O)N(c2ccc(C)c(C)c2)C1. The van der Waals surface area contributed by atoms with Crippen LogP contribution in [0.1, 0.15) is 17.5 Å². The number of aryl methyl sites for hydroxylation is 2. The van der Waals surface area contributed by atoms with Crippen LogP contribution in [-0.4, -0.2) is 38.0 Å². The highest BCUT2D eigenvalue weighted by molar-refractivity contribution is 6.00. The van der Waals surface area contributed by atoms with Gasteiger partial charge in [-0.1, -0.05) is 6.07 Å². The average Bonchev–Trinajstić information content (AvgIpc) is 2.89. The summed E-state index contributed by atoms with van der Waals surface area (Å²) in [6, 6.07) is 5.79. The molecule has 118 valence electrons. The molecule has 6 nitrogen and oxygen atoms in total. The lowest BCUT2D eigenvalue weighted by atomic mass is 10.1. The van der Waals surface area contributed by atoms with E-state index in [1.807, 2.05) is 32.0 Å². The van der Waals surface area contributed by atoms with Crippen LogP contribution < -0.4 is 10.2 Å². The normalized spacial score (nSPS) is 17.5. The molecule has 0 bridgehead atoms. The largest absolute Gasteiger partial charge is 0.468 e. The van der Waals surface area contributed by atoms with Gasteiger partial charge >= 0.3 is 5.97 Å². The van der Waals surface area contributed by atoms with Crippen molar-refractivity contribution in [1.82, 2.24) is 5.32 Å². The van der Waals surface area contributed by atoms with Gasteiger partial charge in [0.2, 0.25) is 11.8 Å². The molecule has 0 saturated carbocycles. The number of benzene rings is 1. The molecule has 1 aliphatic rings. The maximum absolute atomic E-state index is 12.1. The summed E-state index contributed by atoms with van der Waals surface area (Å²) in [5.41, 5.74) is 3.06. The third-order valence-electron chi connectivity index (χ3n) is 3.93. The van der Waals surface area contributed by atoms with Gasteiger partial charge in [-0.25, -0.2) is 0 Å². The third kappa shape index (κ3) is 3.44. The monoisotopic (exact) mass is 304 g/mol. The summed E-state index contributed by atoms with van der Waals surface area (Å²) in [5.74, 6) is -1.34. The molecule has 6 heteroatoms. The molecule has 1 atom stereocenters. The van der Waals surface area contributed by atoms with Crippen LogP contribution in [0.3, 0.4) is 0 Å². The van der Waals surface area contributed by atoms with Crippen LogP contribution in [0.5, 0.6) is 0 Å². The topological polar surface area (TPSA) is 75.7 Å². The summed E-state index contributed by atoms with van der Waals surface area (Å²) in [6.07, 6.45) is 0.153. The zero-order chi connectivity index (χ0) is 16.3. The number of hydrogen-bond acceptors (Lipinski definition) is 4. The van der Waals surface area contributed by atoms with Crippen LogP contribution in [0.15, 0.2) is 18.2 Å². The van der Waals surface area contributed by atoms with E-state index in [1.54, 1.807) is 4.90 Å². The number of carbonyl (C=O) groups is 3. The smallest absolute Gasteiger partial charge is 0.325 e. The zero-order valence-electron chi connectivity index (χ0n) is 13.0. The van der Waals surface area contributed by atoms with Gasteiger partial charge in [-0.2, -0.15) is 0 Å². The number of nitrogens with one attached hydrogen (secondary N) is 1. The predicted octanol–water partition coefficient (Wildman–Crippen LogP) is 0.946. The first-order chi connectivity index (χ1) is 10.4. The van der Waals surface area contributed by atoms with E-state index in [0.717, 1.165) is 16.8 Å². The van der Waals surface area contributed by atoms with Crippen molar-refractivity contribution >= 4 is 23.5 Å². The Morgan fingerprint density at radius 2 is 2.05 bits per heavy atom. The van der Waals surface area contributed by atoms with Gasteiger partial charge in [0.25, 0.3) is 0 Å². The summed E-state index contributed by atoms with van der Waals surface area (Å²) in [7, 11) is 1.26. The standard InChI is InChI=1S/C16H20N2O4/c1-10-4-5-13(6-11(10)2)18-9-12(7-14(18)19)16(21)17-8-15(20)22-3/h4-6,12H,7-9H2,1-3H3,(H,17,21). The zero-order valence-corrected chi connectivity index (χ0v) is 13.0. The maximum Gasteiger partial charge on any atom is 0.325 e. The number of methoxy groups -OCH3 is 1. The molecule has 0 aliphatic carbocycles. The number of amides is 2. The fraction of sp³-hybridized carbons (Fsp3) is 0.438. The Hall–Kier alpha value is -2.37. The van der Waals surface area contributed by atoms with Crippen LogP contribution in [0.4, 0.5) is 5.69 Å². The van der Waals surface area contributed by atoms with Gasteiger partial charge in [0.15, 0.2) is 0 Å². The van der Waals surface area contributed by atoms with E-state index in [4.69, 9.17) is 0 Å². The Kier molecular flexibility index (Phi) is 4.80. The molecule has 1 aromatic carbocycles. The van der Waals surface area contributed by atoms with Gasteiger partial charge in [-0.05, 0) is 37.1 Å². The highest BCUT2D eigenvalue weighted by atomic mass is 16.5. The summed E-state index contributed by atoms with van der Waals surface area (Å²) in [5, 5.41) is 2.50. The Morgan fingerprint density at radius 1 is 1.32 bits per heavy atom. The number of carbonyl (C=O) groups excluding carboxylic acids is 3. The molecule has 1 heterocycles. The highest BCUT2D eigenvalue weighted by Crippen LogP contribution is 2.26. The Morgan fingerprint density at radius 3 is 2.68 bits per heavy atom. The lowest BCUT2D eigenvalue weighted by Crippen LogP contribution is -2.36. The Bertz CT molecular complexity index is 612. The molecule has 2 rings (SSSR count). The quantitative estimate of drug-likeness (QED) is 0.840. The highest BCUT2D eigenvalue weighted by Gasteiger charge is 2.35. The number of ether oxygens (including phenoxy) is 1. The molecule has 22 heavy (non-hydrogen) atoms. The molecule has 1 saturated heterocycles. The molecule has 1 N–H and O–H groups in total. The van der Waals surface area contributed by atoms with Crippen molar-refractivity contribution in [3.8, 4) is 0 Å². The van der Waals surface area contributed by atoms with Crippen LogP contribution >= 0.6 is 0 Å². The minimum absolute atomic E-state index is 0.0820. The summed E-state index contributed by atoms with van der Waals surface area (Å²) in [6.45, 7) is 4.14. The third-order valence-corrected chi connectivity index (χ3v) is 3.93. The summed E-state index contributed by atoms with van der Waals surface area (Å²) < 4.78 is 4.47. The second kappa shape index (κ2) is 6.60. The van der Waals surface area contributed by atoms with E-state index < -0.39 is 11.9 Å². The predicted molar refractivity (Wildman–Crippen MR) is 81.4 cm³/mol. The van der Waals surface area contributed by atoms with Crippen molar-refractivity contribution < 1.29 is 19.1 Å². The van der Waals surface area contributed by atoms with E-state index in [2.05, 4.69) is 10.1 Å².